The van der Waals surface area contributed by atoms with Crippen molar-refractivity contribution >= 4 is 27.3 Å². The molecule has 2 aromatic heterocycles. The van der Waals surface area contributed by atoms with Gasteiger partial charge >= 0.3 is 0 Å². The zero-order valence-electron chi connectivity index (χ0n) is 16.9. The summed E-state index contributed by atoms with van der Waals surface area (Å²) in [5, 5.41) is 4.11. The number of pyridine rings is 1. The van der Waals surface area contributed by atoms with E-state index in [1.807, 2.05) is 0 Å². The summed E-state index contributed by atoms with van der Waals surface area (Å²) in [5.41, 5.74) is 8.44. The molecule has 4 aromatic rings. The van der Waals surface area contributed by atoms with Gasteiger partial charge in [-0.3, -0.25) is 0 Å². The molecule has 3 heterocycles. The predicted octanol–water partition coefficient (Wildman–Crippen LogP) is 5.26. The van der Waals surface area contributed by atoms with E-state index >= 15 is 0 Å². The van der Waals surface area contributed by atoms with Crippen LogP contribution in [0.3, 0.4) is 0 Å². The molecule has 1 aliphatic heterocycles. The highest BCUT2D eigenvalue weighted by Gasteiger charge is 2.51. The fourth-order valence-electron chi connectivity index (χ4n) is 5.29. The van der Waals surface area contributed by atoms with Gasteiger partial charge in [0.2, 0.25) is 0 Å². The van der Waals surface area contributed by atoms with E-state index in [1.54, 1.807) is 0 Å². The second-order valence-corrected chi connectivity index (χ2v) is 9.10. The Morgan fingerprint density at radius 1 is 0.846 bits per heavy atom. The first-order chi connectivity index (χ1) is 12.2. The highest BCUT2D eigenvalue weighted by Crippen LogP contribution is 2.49. The number of rotatable bonds is 0. The van der Waals surface area contributed by atoms with Crippen LogP contribution in [-0.4, -0.2) is 4.57 Å². The number of para-hydroxylation sites is 1. The zero-order chi connectivity index (χ0) is 18.6. The van der Waals surface area contributed by atoms with Crippen LogP contribution in [0.15, 0.2) is 36.4 Å². The normalized spacial score (nSPS) is 17.7. The lowest BCUT2D eigenvalue weighted by molar-refractivity contribution is -0.500. The van der Waals surface area contributed by atoms with E-state index in [0.29, 0.717) is 0 Å². The third-order valence-electron chi connectivity index (χ3n) is 7.47. The molecule has 132 valence electrons. The molecule has 2 aromatic carbocycles. The first-order valence-electron chi connectivity index (χ1n) is 9.55. The van der Waals surface area contributed by atoms with Crippen LogP contribution in [0.5, 0.6) is 0 Å². The van der Waals surface area contributed by atoms with Gasteiger partial charge in [0, 0.05) is 34.1 Å². The Morgan fingerprint density at radius 3 is 2.23 bits per heavy atom. The van der Waals surface area contributed by atoms with Crippen LogP contribution in [0.25, 0.3) is 27.3 Å². The molecule has 0 saturated heterocycles. The summed E-state index contributed by atoms with van der Waals surface area (Å²) >= 11 is 0. The second kappa shape index (κ2) is 4.49. The van der Waals surface area contributed by atoms with Crippen molar-refractivity contribution in [1.29, 1.82) is 0 Å². The Hall–Kier alpha value is -2.35. The van der Waals surface area contributed by atoms with E-state index in [4.69, 9.17) is 0 Å². The highest BCUT2D eigenvalue weighted by atomic mass is 15.1. The maximum atomic E-state index is 2.57. The van der Waals surface area contributed by atoms with Crippen LogP contribution in [0.1, 0.15) is 50.2 Å². The molecule has 0 bridgehead atoms. The lowest BCUT2D eigenvalue weighted by Crippen LogP contribution is -2.51. The van der Waals surface area contributed by atoms with Gasteiger partial charge in [-0.25, -0.2) is 4.57 Å². The van der Waals surface area contributed by atoms with Crippen LogP contribution < -0.4 is 4.40 Å². The summed E-state index contributed by atoms with van der Waals surface area (Å²) in [6, 6.07) is 13.6. The van der Waals surface area contributed by atoms with E-state index < -0.39 is 0 Å². The van der Waals surface area contributed by atoms with Gasteiger partial charge in [0.15, 0.2) is 5.69 Å². The minimum absolute atomic E-state index is 0.0406. The largest absolute Gasteiger partial charge is 0.295 e. The van der Waals surface area contributed by atoms with Crippen LogP contribution >= 0.6 is 0 Å². The number of imidazole rings is 1. The smallest absolute Gasteiger partial charge is 0.229 e. The fraction of sp³-hybridized carbons (Fsp3) is 0.375. The molecule has 0 radical (unpaired) electrons. The molecule has 26 heavy (non-hydrogen) atoms. The maximum absolute atomic E-state index is 2.57. The van der Waals surface area contributed by atoms with Crippen molar-refractivity contribution < 1.29 is 4.40 Å². The summed E-state index contributed by atoms with van der Waals surface area (Å²) in [7, 11) is 2.23. The number of aromatic nitrogens is 2. The number of nitrogens with zero attached hydrogens (tertiary/aromatic N) is 2. The van der Waals surface area contributed by atoms with E-state index in [9.17, 15) is 0 Å². The quantitative estimate of drug-likeness (QED) is 0.304. The third kappa shape index (κ3) is 1.49. The minimum Gasteiger partial charge on any atom is -0.229 e. The first kappa shape index (κ1) is 15.9. The Morgan fingerprint density at radius 2 is 1.50 bits per heavy atom. The van der Waals surface area contributed by atoms with Crippen molar-refractivity contribution in [3.63, 3.8) is 0 Å². The average Bonchev–Trinajstić information content (AvgIpc) is 2.86. The standard InChI is InChI=1S/C24H27N2/c1-14-10-8-11-16-17-12-9-13-18-20(17)26-21(24(5,6)23(18,3)4)15(2)25(7)22(26)19(14)16/h8-13H,1-7H3/q+1. The minimum atomic E-state index is 0.0406. The van der Waals surface area contributed by atoms with Crippen molar-refractivity contribution in [2.24, 2.45) is 7.05 Å². The van der Waals surface area contributed by atoms with Gasteiger partial charge in [0.1, 0.15) is 11.2 Å². The Bertz CT molecular complexity index is 1250. The van der Waals surface area contributed by atoms with Gasteiger partial charge in [-0.2, -0.15) is 4.40 Å². The van der Waals surface area contributed by atoms with Crippen LogP contribution in [0.4, 0.5) is 0 Å². The van der Waals surface area contributed by atoms with Crippen molar-refractivity contribution in [2.75, 3.05) is 0 Å². The molecular weight excluding hydrogens is 316 g/mol. The summed E-state index contributed by atoms with van der Waals surface area (Å²) in [5.74, 6) is 0. The van der Waals surface area contributed by atoms with Crippen LogP contribution in [0.2, 0.25) is 0 Å². The molecule has 1 aliphatic rings. The molecule has 0 unspecified atom stereocenters. The summed E-state index contributed by atoms with van der Waals surface area (Å²) < 4.78 is 4.98. The summed E-state index contributed by atoms with van der Waals surface area (Å²) in [6.45, 7) is 14.1. The van der Waals surface area contributed by atoms with Crippen molar-refractivity contribution in [2.45, 2.75) is 52.4 Å². The van der Waals surface area contributed by atoms with Crippen molar-refractivity contribution in [1.82, 2.24) is 4.57 Å². The van der Waals surface area contributed by atoms with Gasteiger partial charge in [0.05, 0.1) is 12.4 Å². The molecule has 2 nitrogen and oxygen atoms in total. The number of hydrogen-bond donors (Lipinski definition) is 0. The zero-order valence-corrected chi connectivity index (χ0v) is 16.9. The summed E-state index contributed by atoms with van der Waals surface area (Å²) in [6.07, 6.45) is 0. The van der Waals surface area contributed by atoms with Crippen LogP contribution in [-0.2, 0) is 17.9 Å². The number of hydrogen-bond acceptors (Lipinski definition) is 0. The van der Waals surface area contributed by atoms with E-state index in [-0.39, 0.29) is 10.8 Å². The molecule has 0 amide bonds. The Kier molecular flexibility index (Phi) is 2.74. The molecule has 0 fully saturated rings. The van der Waals surface area contributed by atoms with Gasteiger partial charge in [0.25, 0.3) is 5.65 Å². The molecule has 0 aliphatic carbocycles. The van der Waals surface area contributed by atoms with Gasteiger partial charge in [-0.05, 0) is 12.5 Å². The van der Waals surface area contributed by atoms with Crippen molar-refractivity contribution in [3.8, 4) is 0 Å². The lowest BCUT2D eigenvalue weighted by Gasteiger charge is -2.43. The van der Waals surface area contributed by atoms with E-state index in [0.717, 1.165) is 0 Å². The highest BCUT2D eigenvalue weighted by molar-refractivity contribution is 6.11. The first-order valence-corrected chi connectivity index (χ1v) is 9.55. The Balaban J connectivity index is 2.28. The molecule has 2 heteroatoms. The molecule has 0 atom stereocenters. The number of fused-ring (bicyclic) bond motifs is 3. The predicted molar refractivity (Wildman–Crippen MR) is 109 cm³/mol. The van der Waals surface area contributed by atoms with Crippen molar-refractivity contribution in [3.05, 3.63) is 58.9 Å². The third-order valence-corrected chi connectivity index (χ3v) is 7.47. The Labute approximate surface area is 155 Å². The average molecular weight is 343 g/mol. The van der Waals surface area contributed by atoms with E-state index in [1.165, 1.54) is 49.8 Å². The molecule has 0 N–H and O–H groups in total. The second-order valence-electron chi connectivity index (χ2n) is 9.10. The molecule has 0 spiro atoms. The number of benzene rings is 2. The van der Waals surface area contributed by atoms with Gasteiger partial charge < -0.3 is 0 Å². The summed E-state index contributed by atoms with van der Waals surface area (Å²) in [4.78, 5) is 0. The topological polar surface area (TPSA) is 9.03 Å². The van der Waals surface area contributed by atoms with E-state index in [2.05, 4.69) is 94.0 Å². The fourth-order valence-corrected chi connectivity index (χ4v) is 5.29. The number of aryl methyl sites for hydroxylation is 2. The van der Waals surface area contributed by atoms with Crippen LogP contribution in [0, 0.1) is 13.8 Å². The molecule has 0 saturated carbocycles. The van der Waals surface area contributed by atoms with Gasteiger partial charge in [-0.15, -0.1) is 0 Å². The molecule has 5 rings (SSSR count). The monoisotopic (exact) mass is 343 g/mol. The maximum Gasteiger partial charge on any atom is 0.295 e. The lowest BCUT2D eigenvalue weighted by atomic mass is 9.60. The van der Waals surface area contributed by atoms with Gasteiger partial charge in [-0.1, -0.05) is 64.1 Å². The molecular formula is C24H27N2+. The SMILES string of the molecule is Cc1cccc2c3cccc4c3[n+]3c(c(C)n(C)c3c12)C(C)(C)C4(C)C.